The number of benzene rings is 1. The molecule has 3 aromatic heterocycles. The van der Waals surface area contributed by atoms with Crippen LogP contribution in [0.1, 0.15) is 42.5 Å². The molecule has 0 saturated heterocycles. The number of rotatable bonds is 6. The number of nitrogens with one attached hydrogen (secondary N) is 2. The average molecular weight is 402 g/mol. The number of pyridine rings is 1. The van der Waals surface area contributed by atoms with Crippen LogP contribution in [0.4, 0.5) is 0 Å². The van der Waals surface area contributed by atoms with Crippen molar-refractivity contribution in [2.45, 2.75) is 40.3 Å². The lowest BCUT2D eigenvalue weighted by Gasteiger charge is -2.22. The molecule has 154 valence electrons. The van der Waals surface area contributed by atoms with E-state index in [1.54, 1.807) is 18.5 Å². The van der Waals surface area contributed by atoms with Crippen molar-refractivity contribution < 1.29 is 4.42 Å². The third kappa shape index (κ3) is 4.04. The Kier molecular flexibility index (Phi) is 5.50. The van der Waals surface area contributed by atoms with E-state index in [1.165, 1.54) is 5.56 Å². The molecule has 0 aliphatic heterocycles. The molecule has 0 radical (unpaired) electrons. The summed E-state index contributed by atoms with van der Waals surface area (Å²) in [6.45, 7) is 8.94. The van der Waals surface area contributed by atoms with E-state index in [4.69, 9.17) is 9.40 Å². The van der Waals surface area contributed by atoms with Crippen molar-refractivity contribution >= 4 is 11.0 Å². The molecule has 0 aliphatic rings. The molecular formula is C24H26N4O2. The maximum absolute atomic E-state index is 12.3. The summed E-state index contributed by atoms with van der Waals surface area (Å²) in [5, 5.41) is 4.69. The van der Waals surface area contributed by atoms with E-state index in [1.807, 2.05) is 18.2 Å². The van der Waals surface area contributed by atoms with Crippen LogP contribution in [0.25, 0.3) is 22.4 Å². The molecule has 0 aliphatic carbocycles. The van der Waals surface area contributed by atoms with Gasteiger partial charge in [0.1, 0.15) is 17.2 Å². The molecule has 0 spiro atoms. The lowest BCUT2D eigenvalue weighted by Crippen LogP contribution is -2.28. The van der Waals surface area contributed by atoms with E-state index >= 15 is 0 Å². The number of aryl methyl sites for hydroxylation is 2. The average Bonchev–Trinajstić information content (AvgIpc) is 3.03. The van der Waals surface area contributed by atoms with Crippen LogP contribution in [0.5, 0.6) is 0 Å². The lowest BCUT2D eigenvalue weighted by molar-refractivity contribution is 0.381. The van der Waals surface area contributed by atoms with Crippen LogP contribution in [0.2, 0.25) is 0 Å². The second-order valence-corrected chi connectivity index (χ2v) is 8.01. The Hall–Kier alpha value is -3.25. The van der Waals surface area contributed by atoms with Gasteiger partial charge in [0, 0.05) is 29.4 Å². The Morgan fingerprint density at radius 3 is 2.73 bits per heavy atom. The van der Waals surface area contributed by atoms with E-state index in [9.17, 15) is 4.79 Å². The van der Waals surface area contributed by atoms with Crippen molar-refractivity contribution in [2.75, 3.05) is 0 Å². The fraction of sp³-hybridized carbons (Fsp3) is 0.292. The first-order valence-corrected chi connectivity index (χ1v) is 10.2. The highest BCUT2D eigenvalue weighted by atomic mass is 16.3. The van der Waals surface area contributed by atoms with Crippen molar-refractivity contribution in [3.8, 4) is 11.4 Å². The van der Waals surface area contributed by atoms with Gasteiger partial charge in [-0.25, -0.2) is 4.98 Å². The highest BCUT2D eigenvalue weighted by molar-refractivity contribution is 5.82. The zero-order valence-electron chi connectivity index (χ0n) is 17.7. The van der Waals surface area contributed by atoms with Crippen molar-refractivity contribution in [1.82, 2.24) is 20.3 Å². The normalized spacial score (nSPS) is 12.6. The van der Waals surface area contributed by atoms with Crippen LogP contribution >= 0.6 is 0 Å². The largest absolute Gasteiger partial charge is 0.459 e. The summed E-state index contributed by atoms with van der Waals surface area (Å²) in [7, 11) is 0. The SMILES string of the molecule is Cc1ccc2oc(CN[C@@H](c3cc(=O)[nH]c(-c4cccnc4)n3)C(C)C)c(C)c2c1. The number of hydrogen-bond donors (Lipinski definition) is 2. The van der Waals surface area contributed by atoms with Gasteiger partial charge < -0.3 is 14.7 Å². The maximum Gasteiger partial charge on any atom is 0.251 e. The van der Waals surface area contributed by atoms with Crippen LogP contribution in [0.15, 0.2) is 58.0 Å². The summed E-state index contributed by atoms with van der Waals surface area (Å²) in [4.78, 5) is 24.0. The first kappa shape index (κ1) is 20.0. The molecule has 1 aromatic carbocycles. The summed E-state index contributed by atoms with van der Waals surface area (Å²) >= 11 is 0. The first-order valence-electron chi connectivity index (χ1n) is 10.2. The number of furan rings is 1. The number of hydrogen-bond acceptors (Lipinski definition) is 5. The van der Waals surface area contributed by atoms with Gasteiger partial charge in [0.2, 0.25) is 0 Å². The highest BCUT2D eigenvalue weighted by Crippen LogP contribution is 2.28. The number of aromatic nitrogens is 3. The molecule has 2 N–H and O–H groups in total. The number of aromatic amines is 1. The molecule has 0 saturated carbocycles. The second-order valence-electron chi connectivity index (χ2n) is 8.01. The molecule has 1 atom stereocenters. The van der Waals surface area contributed by atoms with Crippen LogP contribution < -0.4 is 10.9 Å². The summed E-state index contributed by atoms with van der Waals surface area (Å²) in [6.07, 6.45) is 3.39. The van der Waals surface area contributed by atoms with Crippen molar-refractivity contribution in [3.05, 3.63) is 81.7 Å². The molecule has 3 heterocycles. The Labute approximate surface area is 175 Å². The Morgan fingerprint density at radius 2 is 2.00 bits per heavy atom. The summed E-state index contributed by atoms with van der Waals surface area (Å²) in [5.74, 6) is 1.65. The minimum Gasteiger partial charge on any atom is -0.459 e. The zero-order valence-corrected chi connectivity index (χ0v) is 17.7. The summed E-state index contributed by atoms with van der Waals surface area (Å²) in [6, 6.07) is 11.4. The number of H-pyrrole nitrogens is 1. The topological polar surface area (TPSA) is 83.8 Å². The third-order valence-electron chi connectivity index (χ3n) is 5.35. The maximum atomic E-state index is 12.3. The van der Waals surface area contributed by atoms with Gasteiger partial charge in [-0.1, -0.05) is 25.5 Å². The quantitative estimate of drug-likeness (QED) is 0.489. The fourth-order valence-electron chi connectivity index (χ4n) is 3.71. The van der Waals surface area contributed by atoms with E-state index in [0.717, 1.165) is 27.9 Å². The monoisotopic (exact) mass is 402 g/mol. The van der Waals surface area contributed by atoms with Gasteiger partial charge in [-0.3, -0.25) is 9.78 Å². The standard InChI is InChI=1S/C24H26N4O2/c1-14(2)23(19-11-22(29)28-24(27-19)17-6-5-9-25-12-17)26-13-21-16(4)18-10-15(3)7-8-20(18)30-21/h5-12,14,23,26H,13H2,1-4H3,(H,27,28,29)/t23-/m1/s1. The Bertz CT molecular complexity index is 1230. The second kappa shape index (κ2) is 8.24. The Morgan fingerprint density at radius 1 is 1.17 bits per heavy atom. The summed E-state index contributed by atoms with van der Waals surface area (Å²) in [5.41, 5.74) is 4.55. The molecule has 0 amide bonds. The van der Waals surface area contributed by atoms with Gasteiger partial charge >= 0.3 is 0 Å². The van der Waals surface area contributed by atoms with Crippen LogP contribution in [0.3, 0.4) is 0 Å². The van der Waals surface area contributed by atoms with Gasteiger partial charge in [-0.15, -0.1) is 0 Å². The summed E-state index contributed by atoms with van der Waals surface area (Å²) < 4.78 is 6.08. The van der Waals surface area contributed by atoms with E-state index in [-0.39, 0.29) is 17.5 Å². The number of nitrogens with zero attached hydrogens (tertiary/aromatic N) is 2. The van der Waals surface area contributed by atoms with Crippen molar-refractivity contribution in [3.63, 3.8) is 0 Å². The fourth-order valence-corrected chi connectivity index (χ4v) is 3.71. The molecule has 6 heteroatoms. The predicted molar refractivity (Wildman–Crippen MR) is 118 cm³/mol. The van der Waals surface area contributed by atoms with Crippen LogP contribution in [-0.2, 0) is 6.54 Å². The van der Waals surface area contributed by atoms with Crippen LogP contribution in [-0.4, -0.2) is 15.0 Å². The van der Waals surface area contributed by atoms with E-state index in [0.29, 0.717) is 18.1 Å². The van der Waals surface area contributed by atoms with E-state index < -0.39 is 0 Å². The molecule has 0 bridgehead atoms. The smallest absolute Gasteiger partial charge is 0.251 e. The van der Waals surface area contributed by atoms with Gasteiger partial charge in [0.15, 0.2) is 0 Å². The van der Waals surface area contributed by atoms with Gasteiger partial charge in [0.25, 0.3) is 5.56 Å². The minimum atomic E-state index is -0.179. The van der Waals surface area contributed by atoms with Gasteiger partial charge in [0.05, 0.1) is 18.3 Å². The molecule has 4 rings (SSSR count). The van der Waals surface area contributed by atoms with E-state index in [2.05, 4.69) is 55.1 Å². The predicted octanol–water partition coefficient (Wildman–Crippen LogP) is 4.68. The first-order chi connectivity index (χ1) is 14.4. The minimum absolute atomic E-state index is 0.0999. The molecular weight excluding hydrogens is 376 g/mol. The molecule has 30 heavy (non-hydrogen) atoms. The molecule has 4 aromatic rings. The highest BCUT2D eigenvalue weighted by Gasteiger charge is 2.20. The van der Waals surface area contributed by atoms with Gasteiger partial charge in [-0.05, 0) is 49.6 Å². The molecule has 0 fully saturated rings. The zero-order chi connectivity index (χ0) is 21.3. The molecule has 0 unspecified atom stereocenters. The Balaban J connectivity index is 1.63. The number of fused-ring (bicyclic) bond motifs is 1. The van der Waals surface area contributed by atoms with Gasteiger partial charge in [-0.2, -0.15) is 0 Å². The van der Waals surface area contributed by atoms with Crippen molar-refractivity contribution in [1.29, 1.82) is 0 Å². The van der Waals surface area contributed by atoms with Crippen LogP contribution in [0, 0.1) is 19.8 Å². The third-order valence-corrected chi connectivity index (χ3v) is 5.35. The van der Waals surface area contributed by atoms with Crippen molar-refractivity contribution in [2.24, 2.45) is 5.92 Å². The molecule has 6 nitrogen and oxygen atoms in total. The lowest BCUT2D eigenvalue weighted by atomic mass is 10.00.